The van der Waals surface area contributed by atoms with E-state index in [1.165, 1.54) is 7.11 Å². The highest BCUT2D eigenvalue weighted by atomic mass is 32.1. The first-order valence-electron chi connectivity index (χ1n) is 8.22. The second-order valence-electron chi connectivity index (χ2n) is 5.36. The number of esters is 1. The summed E-state index contributed by atoms with van der Waals surface area (Å²) in [6, 6.07) is 8.91. The molecule has 4 nitrogen and oxygen atoms in total. The standard InChI is InChI=1S/C18H20O4S.C2H6/c1-11-8-17(23)12(2)7-16(11)22-10-14-13(9-18(20)21-3)5-4-6-15(14)19;1-2/h4-8,19,23H,9-10H2,1-3H3;1-2H3. The number of ether oxygens (including phenoxy) is 2. The lowest BCUT2D eigenvalue weighted by molar-refractivity contribution is -0.139. The van der Waals surface area contributed by atoms with E-state index in [0.717, 1.165) is 21.8 Å². The van der Waals surface area contributed by atoms with Gasteiger partial charge in [0.1, 0.15) is 18.1 Å². The predicted molar refractivity (Wildman–Crippen MR) is 103 cm³/mol. The van der Waals surface area contributed by atoms with E-state index in [-0.39, 0.29) is 24.7 Å². The van der Waals surface area contributed by atoms with E-state index < -0.39 is 0 Å². The van der Waals surface area contributed by atoms with Gasteiger partial charge in [-0.1, -0.05) is 26.0 Å². The Morgan fingerprint density at radius 3 is 2.48 bits per heavy atom. The summed E-state index contributed by atoms with van der Waals surface area (Å²) in [7, 11) is 1.34. The Bertz CT molecular complexity index is 726. The highest BCUT2D eigenvalue weighted by molar-refractivity contribution is 7.80. The minimum Gasteiger partial charge on any atom is -0.508 e. The molecule has 1 N–H and O–H groups in total. The molecule has 0 radical (unpaired) electrons. The fourth-order valence-electron chi connectivity index (χ4n) is 2.26. The fourth-order valence-corrected chi connectivity index (χ4v) is 2.52. The number of phenols is 1. The molecule has 0 spiro atoms. The molecule has 2 aromatic carbocycles. The molecule has 0 atom stereocenters. The maximum Gasteiger partial charge on any atom is 0.309 e. The zero-order valence-corrected chi connectivity index (χ0v) is 16.3. The van der Waals surface area contributed by atoms with Crippen molar-refractivity contribution in [2.24, 2.45) is 0 Å². The highest BCUT2D eigenvalue weighted by Gasteiger charge is 2.13. The number of phenolic OH excluding ortho intramolecular Hbond substituents is 1. The van der Waals surface area contributed by atoms with E-state index in [1.807, 2.05) is 39.8 Å². The Kier molecular flexibility index (Phi) is 8.35. The largest absolute Gasteiger partial charge is 0.508 e. The maximum absolute atomic E-state index is 11.5. The van der Waals surface area contributed by atoms with Crippen molar-refractivity contribution in [3.63, 3.8) is 0 Å². The Morgan fingerprint density at radius 2 is 1.84 bits per heavy atom. The first-order chi connectivity index (χ1) is 11.9. The van der Waals surface area contributed by atoms with Crippen molar-refractivity contribution in [2.45, 2.75) is 45.6 Å². The second kappa shape index (κ2) is 9.99. The molecule has 25 heavy (non-hydrogen) atoms. The van der Waals surface area contributed by atoms with Gasteiger partial charge in [0.25, 0.3) is 0 Å². The number of thiol groups is 1. The fraction of sp³-hybridized carbons (Fsp3) is 0.350. The lowest BCUT2D eigenvalue weighted by Gasteiger charge is -2.15. The Morgan fingerprint density at radius 1 is 1.16 bits per heavy atom. The zero-order chi connectivity index (χ0) is 19.0. The Balaban J connectivity index is 0.00000151. The normalized spacial score (nSPS) is 9.84. The zero-order valence-electron chi connectivity index (χ0n) is 15.4. The summed E-state index contributed by atoms with van der Waals surface area (Å²) in [6.07, 6.45) is 0.0944. The van der Waals surface area contributed by atoms with Crippen LogP contribution in [0.1, 0.15) is 36.1 Å². The summed E-state index contributed by atoms with van der Waals surface area (Å²) < 4.78 is 10.5. The second-order valence-corrected chi connectivity index (χ2v) is 5.84. The first kappa shape index (κ1) is 20.9. The molecule has 0 heterocycles. The van der Waals surface area contributed by atoms with Crippen LogP contribution in [0.5, 0.6) is 11.5 Å². The van der Waals surface area contributed by atoms with Gasteiger partial charge < -0.3 is 14.6 Å². The number of carbonyl (C=O) groups is 1. The van der Waals surface area contributed by atoms with E-state index in [4.69, 9.17) is 4.74 Å². The van der Waals surface area contributed by atoms with E-state index in [9.17, 15) is 9.90 Å². The van der Waals surface area contributed by atoms with Crippen molar-refractivity contribution in [1.82, 2.24) is 0 Å². The molecule has 0 aromatic heterocycles. The van der Waals surface area contributed by atoms with Crippen molar-refractivity contribution in [3.8, 4) is 11.5 Å². The van der Waals surface area contributed by atoms with Gasteiger partial charge in [0.15, 0.2) is 0 Å². The van der Waals surface area contributed by atoms with E-state index >= 15 is 0 Å². The molecule has 0 aliphatic heterocycles. The van der Waals surface area contributed by atoms with Crippen molar-refractivity contribution in [2.75, 3.05) is 7.11 Å². The van der Waals surface area contributed by atoms with Gasteiger partial charge in [0.2, 0.25) is 0 Å². The third kappa shape index (κ3) is 5.71. The third-order valence-electron chi connectivity index (χ3n) is 3.68. The summed E-state index contributed by atoms with van der Waals surface area (Å²) in [5, 5.41) is 10.1. The third-order valence-corrected chi connectivity index (χ3v) is 4.16. The van der Waals surface area contributed by atoms with E-state index in [0.29, 0.717) is 11.1 Å². The van der Waals surface area contributed by atoms with Crippen LogP contribution in [0.2, 0.25) is 0 Å². The molecule has 0 aliphatic rings. The average Bonchev–Trinajstić information content (AvgIpc) is 2.60. The molecule has 0 bridgehead atoms. The highest BCUT2D eigenvalue weighted by Crippen LogP contribution is 2.28. The summed E-state index contributed by atoms with van der Waals surface area (Å²) in [4.78, 5) is 12.4. The van der Waals surface area contributed by atoms with Gasteiger partial charge in [0.05, 0.1) is 13.5 Å². The summed E-state index contributed by atoms with van der Waals surface area (Å²) in [5.74, 6) is 0.475. The lowest BCUT2D eigenvalue weighted by Crippen LogP contribution is -2.09. The molecule has 0 amide bonds. The molecular weight excluding hydrogens is 336 g/mol. The quantitative estimate of drug-likeness (QED) is 0.602. The van der Waals surface area contributed by atoms with E-state index in [1.54, 1.807) is 18.2 Å². The Hall–Kier alpha value is -2.14. The van der Waals surface area contributed by atoms with Gasteiger partial charge in [-0.25, -0.2) is 0 Å². The van der Waals surface area contributed by atoms with Gasteiger partial charge in [-0.2, -0.15) is 0 Å². The minimum absolute atomic E-state index is 0.0944. The van der Waals surface area contributed by atoms with Crippen LogP contribution in [-0.2, 0) is 22.6 Å². The number of carbonyl (C=O) groups excluding carboxylic acids is 1. The number of rotatable bonds is 5. The smallest absolute Gasteiger partial charge is 0.309 e. The number of hydrogen-bond acceptors (Lipinski definition) is 5. The minimum atomic E-state index is -0.358. The molecule has 0 fully saturated rings. The molecule has 0 saturated heterocycles. The first-order valence-corrected chi connectivity index (χ1v) is 8.66. The van der Waals surface area contributed by atoms with Crippen LogP contribution in [0.3, 0.4) is 0 Å². The van der Waals surface area contributed by atoms with Crippen molar-refractivity contribution in [3.05, 3.63) is 52.6 Å². The summed E-state index contributed by atoms with van der Waals surface area (Å²) in [6.45, 7) is 8.07. The topological polar surface area (TPSA) is 55.8 Å². The van der Waals surface area contributed by atoms with Gasteiger partial charge in [0, 0.05) is 10.5 Å². The molecule has 0 saturated carbocycles. The van der Waals surface area contributed by atoms with Crippen molar-refractivity contribution < 1.29 is 19.4 Å². The van der Waals surface area contributed by atoms with Crippen LogP contribution >= 0.6 is 12.6 Å². The van der Waals surface area contributed by atoms with Crippen LogP contribution in [0.15, 0.2) is 35.2 Å². The monoisotopic (exact) mass is 362 g/mol. The summed E-state index contributed by atoms with van der Waals surface area (Å²) >= 11 is 4.39. The predicted octanol–water partition coefficient (Wildman–Crippen LogP) is 4.62. The number of aromatic hydroxyl groups is 1. The van der Waals surface area contributed by atoms with E-state index in [2.05, 4.69) is 17.4 Å². The van der Waals surface area contributed by atoms with Gasteiger partial charge in [-0.3, -0.25) is 4.79 Å². The average molecular weight is 362 g/mol. The van der Waals surface area contributed by atoms with Crippen LogP contribution < -0.4 is 4.74 Å². The van der Waals surface area contributed by atoms with Gasteiger partial charge in [-0.15, -0.1) is 12.6 Å². The Labute approximate surface area is 155 Å². The number of aryl methyl sites for hydroxylation is 2. The molecule has 0 unspecified atom stereocenters. The van der Waals surface area contributed by atoms with Crippen LogP contribution in [0, 0.1) is 13.8 Å². The summed E-state index contributed by atoms with van der Waals surface area (Å²) in [5.41, 5.74) is 3.26. The molecule has 136 valence electrons. The molecule has 2 rings (SSSR count). The van der Waals surface area contributed by atoms with Crippen LogP contribution in [0.25, 0.3) is 0 Å². The lowest BCUT2D eigenvalue weighted by atomic mass is 10.0. The van der Waals surface area contributed by atoms with Gasteiger partial charge >= 0.3 is 5.97 Å². The number of methoxy groups -OCH3 is 1. The molecule has 0 aliphatic carbocycles. The van der Waals surface area contributed by atoms with Crippen LogP contribution in [0.4, 0.5) is 0 Å². The number of benzene rings is 2. The maximum atomic E-state index is 11.5. The van der Waals surface area contributed by atoms with Crippen molar-refractivity contribution in [1.29, 1.82) is 0 Å². The molecule has 2 aromatic rings. The number of hydrogen-bond donors (Lipinski definition) is 2. The molecule has 5 heteroatoms. The van der Waals surface area contributed by atoms with Gasteiger partial charge in [-0.05, 0) is 48.7 Å². The molecular formula is C20H26O4S. The van der Waals surface area contributed by atoms with Crippen molar-refractivity contribution >= 4 is 18.6 Å². The SMILES string of the molecule is CC.COC(=O)Cc1cccc(O)c1COc1cc(C)c(S)cc1C. The van der Waals surface area contributed by atoms with Crippen LogP contribution in [-0.4, -0.2) is 18.2 Å².